The third-order valence-electron chi connectivity index (χ3n) is 5.54. The van der Waals surface area contributed by atoms with Gasteiger partial charge in [-0.05, 0) is 39.2 Å². The molecule has 0 radical (unpaired) electrons. The Balaban J connectivity index is 1.69. The number of nitrogens with zero attached hydrogens (tertiary/aromatic N) is 1. The van der Waals surface area contributed by atoms with E-state index < -0.39 is 29.4 Å². The van der Waals surface area contributed by atoms with Gasteiger partial charge in [0.15, 0.2) is 5.60 Å². The second-order valence-corrected chi connectivity index (χ2v) is 8.86. The lowest BCUT2D eigenvalue weighted by Gasteiger charge is -2.33. The topological polar surface area (TPSA) is 76.1 Å². The van der Waals surface area contributed by atoms with E-state index in [2.05, 4.69) is 0 Å². The first-order chi connectivity index (χ1) is 13.2. The van der Waals surface area contributed by atoms with Gasteiger partial charge in [-0.2, -0.15) is 0 Å². The van der Waals surface area contributed by atoms with E-state index in [0.29, 0.717) is 18.5 Å². The number of esters is 1. The number of aliphatic hydroxyl groups is 1. The molecule has 2 atom stereocenters. The zero-order valence-corrected chi connectivity index (χ0v) is 17.0. The molecule has 6 heteroatoms. The summed E-state index contributed by atoms with van der Waals surface area (Å²) in [5.41, 5.74) is -1.63. The number of carbonyl (C=O) groups is 2. The van der Waals surface area contributed by atoms with Gasteiger partial charge in [-0.3, -0.25) is 0 Å². The molecule has 0 spiro atoms. The van der Waals surface area contributed by atoms with Gasteiger partial charge in [0.1, 0.15) is 11.7 Å². The molecule has 1 amide bonds. The first-order valence-corrected chi connectivity index (χ1v) is 10.2. The van der Waals surface area contributed by atoms with Gasteiger partial charge >= 0.3 is 12.1 Å². The quantitative estimate of drug-likeness (QED) is 0.796. The number of carbonyl (C=O) groups excluding carboxylic acids is 2. The lowest BCUT2D eigenvalue weighted by Crippen LogP contribution is -2.45. The second kappa shape index (κ2) is 8.11. The van der Waals surface area contributed by atoms with Gasteiger partial charge in [-0.1, -0.05) is 43.2 Å². The predicted molar refractivity (Wildman–Crippen MR) is 105 cm³/mol. The number of likely N-dealkylation sites (tertiary alicyclic amines) is 1. The lowest BCUT2D eigenvalue weighted by molar-refractivity contribution is -0.178. The Bertz CT molecular complexity index is 693. The van der Waals surface area contributed by atoms with Crippen molar-refractivity contribution in [3.63, 3.8) is 0 Å². The summed E-state index contributed by atoms with van der Waals surface area (Å²) < 4.78 is 11.1. The minimum absolute atomic E-state index is 0.147. The maximum atomic E-state index is 13.1. The summed E-state index contributed by atoms with van der Waals surface area (Å²) in [6.07, 6.45) is 3.31. The fraction of sp³-hybridized carbons (Fsp3) is 0.636. The lowest BCUT2D eigenvalue weighted by atomic mass is 9.80. The Morgan fingerprint density at radius 2 is 1.71 bits per heavy atom. The van der Waals surface area contributed by atoms with Crippen LogP contribution in [0.25, 0.3) is 0 Å². The number of hydrogen-bond acceptors (Lipinski definition) is 5. The summed E-state index contributed by atoms with van der Waals surface area (Å²) in [5, 5.41) is 11.5. The molecule has 1 heterocycles. The molecular weight excluding hydrogens is 358 g/mol. The first-order valence-electron chi connectivity index (χ1n) is 10.2. The number of hydrogen-bond donors (Lipinski definition) is 1. The molecule has 2 aliphatic rings. The molecule has 1 N–H and O–H groups in total. The molecule has 2 fully saturated rings. The first kappa shape index (κ1) is 20.6. The van der Waals surface area contributed by atoms with Crippen LogP contribution >= 0.6 is 0 Å². The van der Waals surface area contributed by atoms with Crippen LogP contribution in [-0.2, 0) is 19.9 Å². The van der Waals surface area contributed by atoms with E-state index in [4.69, 9.17) is 9.47 Å². The van der Waals surface area contributed by atoms with Crippen LogP contribution in [-0.4, -0.2) is 46.9 Å². The number of amides is 1. The average Bonchev–Trinajstić information content (AvgIpc) is 3.32. The average molecular weight is 389 g/mol. The van der Waals surface area contributed by atoms with Crippen LogP contribution in [0.2, 0.25) is 0 Å². The van der Waals surface area contributed by atoms with Crippen LogP contribution in [0.5, 0.6) is 0 Å². The molecule has 154 valence electrons. The molecule has 1 saturated carbocycles. The van der Waals surface area contributed by atoms with Gasteiger partial charge < -0.3 is 19.5 Å². The summed E-state index contributed by atoms with van der Waals surface area (Å²) in [6.45, 7) is 6.22. The van der Waals surface area contributed by atoms with Gasteiger partial charge in [0, 0.05) is 18.9 Å². The highest BCUT2D eigenvalue weighted by molar-refractivity contribution is 5.82. The molecule has 1 aromatic carbocycles. The standard InChI is InChI=1S/C22H31NO5/c1-21(2,3)28-20(25)23-14-13-18(15-23)27-19(24)22(26,17-11-7-8-12-17)16-9-5-4-6-10-16/h4-6,9-10,17-18,26H,7-8,11-15H2,1-3H3. The summed E-state index contributed by atoms with van der Waals surface area (Å²) >= 11 is 0. The van der Waals surface area contributed by atoms with Crippen molar-refractivity contribution in [2.75, 3.05) is 13.1 Å². The van der Waals surface area contributed by atoms with E-state index >= 15 is 0 Å². The maximum absolute atomic E-state index is 13.1. The van der Waals surface area contributed by atoms with Crippen LogP contribution in [0.3, 0.4) is 0 Å². The van der Waals surface area contributed by atoms with Crippen molar-refractivity contribution in [1.29, 1.82) is 0 Å². The van der Waals surface area contributed by atoms with Gasteiger partial charge in [0.25, 0.3) is 0 Å². The Morgan fingerprint density at radius 3 is 2.32 bits per heavy atom. The molecule has 6 nitrogen and oxygen atoms in total. The van der Waals surface area contributed by atoms with Crippen molar-refractivity contribution < 1.29 is 24.2 Å². The van der Waals surface area contributed by atoms with E-state index in [1.54, 1.807) is 17.0 Å². The summed E-state index contributed by atoms with van der Waals surface area (Å²) in [6, 6.07) is 9.06. The molecule has 1 aliphatic heterocycles. The Morgan fingerprint density at radius 1 is 1.07 bits per heavy atom. The van der Waals surface area contributed by atoms with Gasteiger partial charge in [0.2, 0.25) is 0 Å². The minimum Gasteiger partial charge on any atom is -0.458 e. The smallest absolute Gasteiger partial charge is 0.410 e. The van der Waals surface area contributed by atoms with Crippen LogP contribution < -0.4 is 0 Å². The number of rotatable bonds is 4. The van der Waals surface area contributed by atoms with E-state index in [-0.39, 0.29) is 12.5 Å². The van der Waals surface area contributed by atoms with Crippen molar-refractivity contribution in [1.82, 2.24) is 4.90 Å². The fourth-order valence-corrected chi connectivity index (χ4v) is 4.11. The van der Waals surface area contributed by atoms with Crippen molar-refractivity contribution >= 4 is 12.1 Å². The molecule has 1 aliphatic carbocycles. The number of benzene rings is 1. The monoisotopic (exact) mass is 389 g/mol. The Kier molecular flexibility index (Phi) is 5.98. The predicted octanol–water partition coefficient (Wildman–Crippen LogP) is 3.62. The number of ether oxygens (including phenoxy) is 2. The van der Waals surface area contributed by atoms with Crippen LogP contribution in [0, 0.1) is 5.92 Å². The Hall–Kier alpha value is -2.08. The minimum atomic E-state index is -1.64. The fourth-order valence-electron chi connectivity index (χ4n) is 4.11. The molecule has 28 heavy (non-hydrogen) atoms. The van der Waals surface area contributed by atoms with Crippen molar-refractivity contribution in [2.45, 2.75) is 70.2 Å². The summed E-state index contributed by atoms with van der Waals surface area (Å²) in [7, 11) is 0. The van der Waals surface area contributed by atoms with Crippen LogP contribution in [0.4, 0.5) is 4.79 Å². The maximum Gasteiger partial charge on any atom is 0.410 e. The molecule has 2 unspecified atom stereocenters. The highest BCUT2D eigenvalue weighted by Gasteiger charge is 2.49. The molecule has 0 bridgehead atoms. The highest BCUT2D eigenvalue weighted by Crippen LogP contribution is 2.42. The largest absolute Gasteiger partial charge is 0.458 e. The zero-order chi connectivity index (χ0) is 20.4. The highest BCUT2D eigenvalue weighted by atomic mass is 16.6. The van der Waals surface area contributed by atoms with E-state index in [9.17, 15) is 14.7 Å². The third-order valence-corrected chi connectivity index (χ3v) is 5.54. The molecule has 0 aromatic heterocycles. The summed E-state index contributed by atoms with van der Waals surface area (Å²) in [4.78, 5) is 26.9. The summed E-state index contributed by atoms with van der Waals surface area (Å²) in [5.74, 6) is -0.757. The van der Waals surface area contributed by atoms with E-state index in [0.717, 1.165) is 25.7 Å². The van der Waals surface area contributed by atoms with Gasteiger partial charge in [0.05, 0.1) is 6.54 Å². The van der Waals surface area contributed by atoms with Crippen molar-refractivity contribution in [3.8, 4) is 0 Å². The van der Waals surface area contributed by atoms with E-state index in [1.807, 2.05) is 39.0 Å². The van der Waals surface area contributed by atoms with Crippen molar-refractivity contribution in [2.24, 2.45) is 5.92 Å². The normalized spacial score (nSPS) is 22.7. The zero-order valence-electron chi connectivity index (χ0n) is 17.0. The Labute approximate surface area is 166 Å². The van der Waals surface area contributed by atoms with Crippen LogP contribution in [0.1, 0.15) is 58.4 Å². The second-order valence-electron chi connectivity index (χ2n) is 8.86. The third kappa shape index (κ3) is 4.49. The van der Waals surface area contributed by atoms with Crippen LogP contribution in [0.15, 0.2) is 30.3 Å². The van der Waals surface area contributed by atoms with E-state index in [1.165, 1.54) is 0 Å². The molecular formula is C22H31NO5. The molecule has 3 rings (SSSR count). The van der Waals surface area contributed by atoms with Gasteiger partial charge in [-0.25, -0.2) is 9.59 Å². The van der Waals surface area contributed by atoms with Gasteiger partial charge in [-0.15, -0.1) is 0 Å². The molecule has 1 saturated heterocycles. The SMILES string of the molecule is CC(C)(C)OC(=O)N1CCC(OC(=O)C(O)(c2ccccc2)C2CCCC2)C1. The van der Waals surface area contributed by atoms with Crippen molar-refractivity contribution in [3.05, 3.63) is 35.9 Å². The molecule has 1 aromatic rings.